The number of hydrogen-bond acceptors (Lipinski definition) is 5. The summed E-state index contributed by atoms with van der Waals surface area (Å²) in [5, 5.41) is 34.6. The molecule has 1 heterocycles. The van der Waals surface area contributed by atoms with Crippen LogP contribution in [-0.2, 0) is 4.74 Å². The van der Waals surface area contributed by atoms with Crippen LogP contribution in [0.5, 0.6) is 0 Å². The van der Waals surface area contributed by atoms with Crippen molar-refractivity contribution in [2.24, 2.45) is 0 Å². The predicted octanol–water partition coefficient (Wildman–Crippen LogP) is 2.64. The fourth-order valence-corrected chi connectivity index (χ4v) is 3.69. The number of fused-ring (bicyclic) bond motifs is 1. The van der Waals surface area contributed by atoms with Crippen molar-refractivity contribution in [2.75, 3.05) is 11.9 Å². The van der Waals surface area contributed by atoms with Gasteiger partial charge in [0.05, 0.1) is 18.8 Å². The van der Waals surface area contributed by atoms with Crippen LogP contribution >= 0.6 is 0 Å². The summed E-state index contributed by atoms with van der Waals surface area (Å²) in [7, 11) is 0. The topological polar surface area (TPSA) is 99.0 Å². The monoisotopic (exact) mass is 393 g/mol. The Morgan fingerprint density at radius 2 is 1.76 bits per heavy atom. The molecular weight excluding hydrogens is 370 g/mol. The van der Waals surface area contributed by atoms with Crippen LogP contribution in [0.1, 0.15) is 28.4 Å². The van der Waals surface area contributed by atoms with E-state index in [0.717, 1.165) is 10.8 Å². The number of rotatable bonds is 4. The SMILES string of the molecule is O=C(Nc1ccc2ccccc2c1)c1cccc(C2OC(CO)C(O)CC2O)c1. The first kappa shape index (κ1) is 19.5. The number of aliphatic hydroxyl groups excluding tert-OH is 3. The van der Waals surface area contributed by atoms with Gasteiger partial charge in [0.1, 0.15) is 12.2 Å². The zero-order chi connectivity index (χ0) is 20.4. The van der Waals surface area contributed by atoms with Gasteiger partial charge in [0.15, 0.2) is 0 Å². The average molecular weight is 393 g/mol. The second-order valence-corrected chi connectivity index (χ2v) is 7.29. The molecule has 0 aliphatic carbocycles. The van der Waals surface area contributed by atoms with Gasteiger partial charge in [0, 0.05) is 17.7 Å². The lowest BCUT2D eigenvalue weighted by Crippen LogP contribution is -2.44. The number of anilines is 1. The second kappa shape index (κ2) is 8.31. The molecule has 0 bridgehead atoms. The first-order chi connectivity index (χ1) is 14.0. The quantitative estimate of drug-likeness (QED) is 0.546. The summed E-state index contributed by atoms with van der Waals surface area (Å²) in [5.41, 5.74) is 1.74. The molecule has 3 aromatic carbocycles. The third kappa shape index (κ3) is 4.16. The molecule has 1 saturated heterocycles. The summed E-state index contributed by atoms with van der Waals surface area (Å²) in [6.45, 7) is -0.341. The molecule has 150 valence electrons. The maximum Gasteiger partial charge on any atom is 0.255 e. The van der Waals surface area contributed by atoms with Crippen LogP contribution in [0.3, 0.4) is 0 Å². The minimum Gasteiger partial charge on any atom is -0.394 e. The van der Waals surface area contributed by atoms with Crippen LogP contribution in [-0.4, -0.2) is 46.1 Å². The maximum atomic E-state index is 12.7. The lowest BCUT2D eigenvalue weighted by Gasteiger charge is -2.36. The summed E-state index contributed by atoms with van der Waals surface area (Å²) < 4.78 is 5.67. The van der Waals surface area contributed by atoms with Crippen molar-refractivity contribution < 1.29 is 24.9 Å². The van der Waals surface area contributed by atoms with E-state index >= 15 is 0 Å². The molecule has 0 radical (unpaired) electrons. The third-order valence-electron chi connectivity index (χ3n) is 5.25. The van der Waals surface area contributed by atoms with Crippen LogP contribution in [0.25, 0.3) is 10.8 Å². The largest absolute Gasteiger partial charge is 0.394 e. The highest BCUT2D eigenvalue weighted by molar-refractivity contribution is 6.05. The lowest BCUT2D eigenvalue weighted by atomic mass is 9.93. The van der Waals surface area contributed by atoms with E-state index in [0.29, 0.717) is 16.8 Å². The molecule has 1 aliphatic heterocycles. The first-order valence-corrected chi connectivity index (χ1v) is 9.57. The predicted molar refractivity (Wildman–Crippen MR) is 110 cm³/mol. The molecule has 1 fully saturated rings. The molecule has 6 heteroatoms. The number of carbonyl (C=O) groups excluding carboxylic acids is 1. The van der Waals surface area contributed by atoms with E-state index in [-0.39, 0.29) is 18.9 Å². The van der Waals surface area contributed by atoms with Crippen LogP contribution in [0, 0.1) is 0 Å². The highest BCUT2D eigenvalue weighted by atomic mass is 16.5. The molecule has 6 nitrogen and oxygen atoms in total. The van der Waals surface area contributed by atoms with Crippen molar-refractivity contribution in [3.63, 3.8) is 0 Å². The van der Waals surface area contributed by atoms with Crippen molar-refractivity contribution in [3.05, 3.63) is 77.9 Å². The van der Waals surface area contributed by atoms with Crippen LogP contribution in [0.2, 0.25) is 0 Å². The van der Waals surface area contributed by atoms with Gasteiger partial charge in [-0.3, -0.25) is 4.79 Å². The Morgan fingerprint density at radius 1 is 0.966 bits per heavy atom. The van der Waals surface area contributed by atoms with Gasteiger partial charge in [-0.05, 0) is 40.6 Å². The van der Waals surface area contributed by atoms with Crippen LogP contribution in [0.4, 0.5) is 5.69 Å². The summed E-state index contributed by atoms with van der Waals surface area (Å²) in [6.07, 6.45) is -3.23. The van der Waals surface area contributed by atoms with Gasteiger partial charge >= 0.3 is 0 Å². The average Bonchev–Trinajstić information content (AvgIpc) is 2.74. The molecule has 4 atom stereocenters. The van der Waals surface area contributed by atoms with Crippen molar-refractivity contribution in [1.82, 2.24) is 0 Å². The molecule has 4 rings (SSSR count). The Labute approximate surface area is 168 Å². The molecule has 1 aliphatic rings. The van der Waals surface area contributed by atoms with E-state index in [1.54, 1.807) is 24.3 Å². The van der Waals surface area contributed by atoms with Crippen LogP contribution in [0.15, 0.2) is 66.7 Å². The Morgan fingerprint density at radius 3 is 2.55 bits per heavy atom. The molecule has 0 spiro atoms. The molecule has 1 amide bonds. The van der Waals surface area contributed by atoms with E-state index in [4.69, 9.17) is 4.74 Å². The molecule has 4 unspecified atom stereocenters. The molecule has 3 aromatic rings. The number of amides is 1. The van der Waals surface area contributed by atoms with Gasteiger partial charge in [0.25, 0.3) is 5.91 Å². The second-order valence-electron chi connectivity index (χ2n) is 7.29. The van der Waals surface area contributed by atoms with Gasteiger partial charge in [-0.15, -0.1) is 0 Å². The third-order valence-corrected chi connectivity index (χ3v) is 5.25. The Balaban J connectivity index is 1.53. The number of hydrogen-bond donors (Lipinski definition) is 4. The fraction of sp³-hybridized carbons (Fsp3) is 0.261. The lowest BCUT2D eigenvalue weighted by molar-refractivity contribution is -0.181. The Hall–Kier alpha value is -2.77. The van der Waals surface area contributed by atoms with E-state index in [1.807, 2.05) is 42.5 Å². The number of nitrogens with one attached hydrogen (secondary N) is 1. The van der Waals surface area contributed by atoms with Gasteiger partial charge in [-0.1, -0.05) is 42.5 Å². The summed E-state index contributed by atoms with van der Waals surface area (Å²) in [4.78, 5) is 12.7. The molecule has 29 heavy (non-hydrogen) atoms. The van der Waals surface area contributed by atoms with Crippen molar-refractivity contribution in [1.29, 1.82) is 0 Å². The normalized spacial score (nSPS) is 24.4. The van der Waals surface area contributed by atoms with E-state index in [1.165, 1.54) is 0 Å². The van der Waals surface area contributed by atoms with Gasteiger partial charge in [0.2, 0.25) is 0 Å². The summed E-state index contributed by atoms with van der Waals surface area (Å²) in [6, 6.07) is 20.5. The molecular formula is C23H23NO5. The van der Waals surface area contributed by atoms with Gasteiger partial charge in [-0.2, -0.15) is 0 Å². The van der Waals surface area contributed by atoms with Crippen molar-refractivity contribution >= 4 is 22.4 Å². The zero-order valence-electron chi connectivity index (χ0n) is 15.7. The smallest absolute Gasteiger partial charge is 0.255 e. The Kier molecular flexibility index (Phi) is 5.60. The highest BCUT2D eigenvalue weighted by Crippen LogP contribution is 2.32. The number of aliphatic hydroxyl groups is 3. The van der Waals surface area contributed by atoms with Gasteiger partial charge < -0.3 is 25.4 Å². The van der Waals surface area contributed by atoms with Gasteiger partial charge in [-0.25, -0.2) is 0 Å². The molecule has 4 N–H and O–H groups in total. The molecule has 0 saturated carbocycles. The minimum atomic E-state index is -0.925. The zero-order valence-corrected chi connectivity index (χ0v) is 15.7. The Bertz CT molecular complexity index is 1020. The minimum absolute atomic E-state index is 0.101. The fourth-order valence-electron chi connectivity index (χ4n) is 3.69. The highest BCUT2D eigenvalue weighted by Gasteiger charge is 2.36. The maximum absolute atomic E-state index is 12.7. The van der Waals surface area contributed by atoms with Crippen molar-refractivity contribution in [2.45, 2.75) is 30.8 Å². The summed E-state index contributed by atoms with van der Waals surface area (Å²) in [5.74, 6) is -0.272. The van der Waals surface area contributed by atoms with E-state index < -0.39 is 24.4 Å². The van der Waals surface area contributed by atoms with E-state index in [9.17, 15) is 20.1 Å². The van der Waals surface area contributed by atoms with Crippen molar-refractivity contribution in [3.8, 4) is 0 Å². The van der Waals surface area contributed by atoms with Crippen LogP contribution < -0.4 is 5.32 Å². The first-order valence-electron chi connectivity index (χ1n) is 9.57. The number of benzene rings is 3. The number of carbonyl (C=O) groups is 1. The standard InChI is InChI=1S/C23H23NO5/c25-13-21-19(26)12-20(27)22(29-21)16-6-3-7-17(10-16)23(28)24-18-9-8-14-4-1-2-5-15(14)11-18/h1-11,19-22,25-27H,12-13H2,(H,24,28). The number of ether oxygens (including phenoxy) is 1. The summed E-state index contributed by atoms with van der Waals surface area (Å²) >= 11 is 0. The van der Waals surface area contributed by atoms with E-state index in [2.05, 4.69) is 5.32 Å². The molecule has 0 aromatic heterocycles.